The molecule has 0 bridgehead atoms. The molecule has 0 aliphatic heterocycles. The first-order valence-corrected chi connectivity index (χ1v) is 4.30. The lowest BCUT2D eigenvalue weighted by Crippen LogP contribution is -2.16. The van der Waals surface area contributed by atoms with Crippen LogP contribution in [0.15, 0.2) is 0 Å². The van der Waals surface area contributed by atoms with E-state index in [0.29, 0.717) is 6.42 Å². The maximum atomic E-state index is 10.7. The van der Waals surface area contributed by atoms with Crippen LogP contribution in [-0.4, -0.2) is 16.9 Å². The van der Waals surface area contributed by atoms with Crippen molar-refractivity contribution in [2.75, 3.05) is 0 Å². The summed E-state index contributed by atoms with van der Waals surface area (Å²) < 4.78 is 0. The average Bonchev–Trinajstić information content (AvgIpc) is 1.96. The number of hydrogen-bond acceptors (Lipinski definition) is 2. The highest BCUT2D eigenvalue weighted by atomic mass is 16.4. The van der Waals surface area contributed by atoms with Crippen LogP contribution in [0.1, 0.15) is 39.5 Å². The quantitative estimate of drug-likeness (QED) is 0.665. The molecular weight excluding hydrogens is 156 g/mol. The molecule has 0 fully saturated rings. The van der Waals surface area contributed by atoms with Gasteiger partial charge >= 0.3 is 5.97 Å². The Hall–Kier alpha value is -0.860. The molecule has 0 spiro atoms. The Balaban J connectivity index is 3.87. The minimum Gasteiger partial charge on any atom is -0.481 e. The summed E-state index contributed by atoms with van der Waals surface area (Å²) in [5.74, 6) is -1.36. The van der Waals surface area contributed by atoms with Crippen LogP contribution in [0.5, 0.6) is 0 Å². The molecule has 0 saturated carbocycles. The van der Waals surface area contributed by atoms with Crippen molar-refractivity contribution in [2.45, 2.75) is 39.5 Å². The second-order valence-corrected chi connectivity index (χ2v) is 3.08. The van der Waals surface area contributed by atoms with Crippen molar-refractivity contribution < 1.29 is 14.7 Å². The molecule has 0 aromatic carbocycles. The number of Topliss-reactive ketones (excluding diaryl/α,β-unsaturated/α-hetero) is 1. The number of hydrogen-bond donors (Lipinski definition) is 1. The fourth-order valence-corrected chi connectivity index (χ4v) is 1.11. The van der Waals surface area contributed by atoms with Crippen molar-refractivity contribution >= 4 is 11.8 Å². The molecule has 0 rings (SSSR count). The van der Waals surface area contributed by atoms with Gasteiger partial charge in [0, 0.05) is 6.42 Å². The summed E-state index contributed by atoms with van der Waals surface area (Å²) in [5.41, 5.74) is 0. The molecule has 12 heavy (non-hydrogen) atoms. The molecule has 0 aromatic heterocycles. The van der Waals surface area contributed by atoms with Gasteiger partial charge < -0.3 is 9.90 Å². The molecule has 0 radical (unpaired) electrons. The second kappa shape index (κ2) is 5.75. The minimum absolute atomic E-state index is 0.0431. The largest absolute Gasteiger partial charge is 0.481 e. The van der Waals surface area contributed by atoms with Crippen LogP contribution in [-0.2, 0) is 9.59 Å². The van der Waals surface area contributed by atoms with Gasteiger partial charge in [-0.05, 0) is 13.3 Å². The van der Waals surface area contributed by atoms with Crippen molar-refractivity contribution in [1.82, 2.24) is 0 Å². The van der Waals surface area contributed by atoms with Gasteiger partial charge in [-0.2, -0.15) is 0 Å². The Bertz CT molecular complexity index is 163. The SMILES string of the molecule is CCCCC(CC(C)=O)C(=O)O. The Morgan fingerprint density at radius 1 is 1.42 bits per heavy atom. The van der Waals surface area contributed by atoms with Gasteiger partial charge in [-0.1, -0.05) is 19.8 Å². The van der Waals surface area contributed by atoms with Crippen LogP contribution in [0.3, 0.4) is 0 Å². The summed E-state index contributed by atoms with van der Waals surface area (Å²) in [6.07, 6.45) is 2.65. The standard InChI is InChI=1S/C9H16O3/c1-3-4-5-8(9(11)12)6-7(2)10/h8H,3-6H2,1-2H3,(H,11,12). The lowest BCUT2D eigenvalue weighted by molar-refractivity contribution is -0.143. The zero-order chi connectivity index (χ0) is 9.56. The van der Waals surface area contributed by atoms with E-state index in [-0.39, 0.29) is 12.2 Å². The van der Waals surface area contributed by atoms with E-state index in [1.165, 1.54) is 6.92 Å². The van der Waals surface area contributed by atoms with Gasteiger partial charge in [0.25, 0.3) is 0 Å². The number of carbonyl (C=O) groups is 2. The Kier molecular flexibility index (Phi) is 5.34. The zero-order valence-electron chi connectivity index (χ0n) is 7.67. The predicted molar refractivity (Wildman–Crippen MR) is 45.9 cm³/mol. The molecule has 0 aliphatic carbocycles. The van der Waals surface area contributed by atoms with Crippen LogP contribution < -0.4 is 0 Å². The van der Waals surface area contributed by atoms with E-state index in [2.05, 4.69) is 0 Å². The summed E-state index contributed by atoms with van der Waals surface area (Å²) in [6, 6.07) is 0. The topological polar surface area (TPSA) is 54.4 Å². The van der Waals surface area contributed by atoms with Gasteiger partial charge in [-0.3, -0.25) is 4.79 Å². The maximum absolute atomic E-state index is 10.7. The van der Waals surface area contributed by atoms with E-state index in [0.717, 1.165) is 12.8 Å². The summed E-state index contributed by atoms with van der Waals surface area (Å²) in [7, 11) is 0. The van der Waals surface area contributed by atoms with Crippen LogP contribution in [0, 0.1) is 5.92 Å². The van der Waals surface area contributed by atoms with E-state index in [1.807, 2.05) is 6.92 Å². The highest BCUT2D eigenvalue weighted by Crippen LogP contribution is 2.13. The molecule has 1 N–H and O–H groups in total. The predicted octanol–water partition coefficient (Wildman–Crippen LogP) is 1.86. The van der Waals surface area contributed by atoms with Gasteiger partial charge in [-0.15, -0.1) is 0 Å². The van der Waals surface area contributed by atoms with E-state index >= 15 is 0 Å². The van der Waals surface area contributed by atoms with Crippen LogP contribution >= 0.6 is 0 Å². The number of rotatable bonds is 6. The van der Waals surface area contributed by atoms with Gasteiger partial charge in [0.05, 0.1) is 5.92 Å². The summed E-state index contributed by atoms with van der Waals surface area (Å²) in [6.45, 7) is 3.44. The molecule has 0 amide bonds. The van der Waals surface area contributed by atoms with Gasteiger partial charge in [0.1, 0.15) is 5.78 Å². The molecule has 3 heteroatoms. The normalized spacial score (nSPS) is 12.5. The van der Waals surface area contributed by atoms with E-state index in [1.54, 1.807) is 0 Å². The van der Waals surface area contributed by atoms with Crippen molar-refractivity contribution in [3.63, 3.8) is 0 Å². The summed E-state index contributed by atoms with van der Waals surface area (Å²) in [4.78, 5) is 21.2. The third-order valence-electron chi connectivity index (χ3n) is 1.79. The number of carboxylic acid groups (broad SMARTS) is 1. The number of carbonyl (C=O) groups excluding carboxylic acids is 1. The third kappa shape index (κ3) is 4.88. The first-order chi connectivity index (χ1) is 5.57. The fourth-order valence-electron chi connectivity index (χ4n) is 1.11. The fraction of sp³-hybridized carbons (Fsp3) is 0.778. The third-order valence-corrected chi connectivity index (χ3v) is 1.79. The molecule has 0 aliphatic rings. The van der Waals surface area contributed by atoms with Gasteiger partial charge in [-0.25, -0.2) is 0 Å². The molecule has 1 unspecified atom stereocenters. The Morgan fingerprint density at radius 2 is 2.00 bits per heavy atom. The smallest absolute Gasteiger partial charge is 0.306 e. The average molecular weight is 172 g/mol. The number of ketones is 1. The maximum Gasteiger partial charge on any atom is 0.306 e. The lowest BCUT2D eigenvalue weighted by atomic mass is 9.97. The second-order valence-electron chi connectivity index (χ2n) is 3.08. The summed E-state index contributed by atoms with van der Waals surface area (Å²) in [5, 5.41) is 8.70. The van der Waals surface area contributed by atoms with Crippen molar-refractivity contribution in [2.24, 2.45) is 5.92 Å². The van der Waals surface area contributed by atoms with Crippen LogP contribution in [0.2, 0.25) is 0 Å². The number of unbranched alkanes of at least 4 members (excludes halogenated alkanes) is 1. The first kappa shape index (κ1) is 11.1. The van der Waals surface area contributed by atoms with Gasteiger partial charge in [0.2, 0.25) is 0 Å². The van der Waals surface area contributed by atoms with Crippen molar-refractivity contribution in [3.05, 3.63) is 0 Å². The summed E-state index contributed by atoms with van der Waals surface area (Å²) >= 11 is 0. The minimum atomic E-state index is -0.848. The van der Waals surface area contributed by atoms with Crippen molar-refractivity contribution in [3.8, 4) is 0 Å². The van der Waals surface area contributed by atoms with Gasteiger partial charge in [0.15, 0.2) is 0 Å². The molecule has 3 nitrogen and oxygen atoms in total. The number of aliphatic carboxylic acids is 1. The molecule has 0 saturated heterocycles. The molecule has 0 aromatic rings. The molecule has 0 heterocycles. The molecule has 1 atom stereocenters. The Labute approximate surface area is 72.8 Å². The van der Waals surface area contributed by atoms with Crippen LogP contribution in [0.4, 0.5) is 0 Å². The monoisotopic (exact) mass is 172 g/mol. The van der Waals surface area contributed by atoms with E-state index < -0.39 is 11.9 Å². The van der Waals surface area contributed by atoms with Crippen LogP contribution in [0.25, 0.3) is 0 Å². The zero-order valence-corrected chi connectivity index (χ0v) is 7.67. The highest BCUT2D eigenvalue weighted by Gasteiger charge is 2.18. The van der Waals surface area contributed by atoms with Crippen molar-refractivity contribution in [1.29, 1.82) is 0 Å². The molecule has 70 valence electrons. The highest BCUT2D eigenvalue weighted by molar-refractivity contribution is 5.81. The Morgan fingerprint density at radius 3 is 2.33 bits per heavy atom. The van der Waals surface area contributed by atoms with E-state index in [9.17, 15) is 9.59 Å². The molecular formula is C9H16O3. The lowest BCUT2D eigenvalue weighted by Gasteiger charge is -2.08. The first-order valence-electron chi connectivity index (χ1n) is 4.30. The van der Waals surface area contributed by atoms with E-state index in [4.69, 9.17) is 5.11 Å². The number of carboxylic acids is 1.